The molecule has 1 fully saturated rings. The molecular weight excluding hydrogens is 306 g/mol. The van der Waals surface area contributed by atoms with Gasteiger partial charge in [-0.15, -0.1) is 0 Å². The van der Waals surface area contributed by atoms with Gasteiger partial charge in [0, 0.05) is 18.8 Å². The maximum atomic E-state index is 14.9. The van der Waals surface area contributed by atoms with Gasteiger partial charge in [0.15, 0.2) is 0 Å². The lowest BCUT2D eigenvalue weighted by Gasteiger charge is -2.26. The Bertz CT molecular complexity index is 700. The molecule has 8 heteroatoms. The predicted molar refractivity (Wildman–Crippen MR) is 67.4 cm³/mol. The van der Waals surface area contributed by atoms with Gasteiger partial charge < -0.3 is 5.11 Å². The number of carboxylic acids is 1. The standard InChI is InChI=1S/C13H12F2O5S/c14-9-2-1-3-11(7-9)21(19,20)13(15,12(17)18)8-4-5-10(16)6-8/h1-3,7-8H,4-6H2,(H,17,18). The van der Waals surface area contributed by atoms with Crippen molar-refractivity contribution in [2.75, 3.05) is 0 Å². The molecule has 0 spiro atoms. The van der Waals surface area contributed by atoms with Crippen molar-refractivity contribution in [2.45, 2.75) is 29.2 Å². The fourth-order valence-corrected chi connectivity index (χ4v) is 4.18. The van der Waals surface area contributed by atoms with E-state index in [9.17, 15) is 26.8 Å². The molecular formula is C13H12F2O5S. The number of carbonyl (C=O) groups is 2. The third kappa shape index (κ3) is 2.44. The number of Topliss-reactive ketones (excluding diaryl/α,β-unsaturated/α-hetero) is 1. The van der Waals surface area contributed by atoms with Crippen molar-refractivity contribution >= 4 is 21.6 Å². The van der Waals surface area contributed by atoms with Crippen LogP contribution in [0.3, 0.4) is 0 Å². The highest BCUT2D eigenvalue weighted by Crippen LogP contribution is 2.42. The van der Waals surface area contributed by atoms with Crippen LogP contribution in [0.15, 0.2) is 29.2 Å². The third-order valence-corrected chi connectivity index (χ3v) is 5.72. The van der Waals surface area contributed by atoms with Crippen LogP contribution in [0.1, 0.15) is 19.3 Å². The van der Waals surface area contributed by atoms with Gasteiger partial charge in [-0.1, -0.05) is 6.07 Å². The Labute approximate surface area is 119 Å². The largest absolute Gasteiger partial charge is 0.478 e. The molecule has 21 heavy (non-hydrogen) atoms. The van der Waals surface area contributed by atoms with E-state index in [1.54, 1.807) is 0 Å². The second kappa shape index (κ2) is 5.18. The van der Waals surface area contributed by atoms with Gasteiger partial charge in [0.1, 0.15) is 11.6 Å². The maximum Gasteiger partial charge on any atom is 0.358 e. The Morgan fingerprint density at radius 3 is 2.52 bits per heavy atom. The van der Waals surface area contributed by atoms with Crippen LogP contribution in [0.2, 0.25) is 0 Å². The van der Waals surface area contributed by atoms with Gasteiger partial charge in [0.2, 0.25) is 9.84 Å². The molecule has 1 N–H and O–H groups in total. The van der Waals surface area contributed by atoms with Gasteiger partial charge >= 0.3 is 11.0 Å². The monoisotopic (exact) mass is 318 g/mol. The van der Waals surface area contributed by atoms with Gasteiger partial charge in [-0.2, -0.15) is 0 Å². The molecule has 0 aromatic heterocycles. The summed E-state index contributed by atoms with van der Waals surface area (Å²) in [7, 11) is -4.99. The molecule has 0 radical (unpaired) electrons. The minimum atomic E-state index is -4.99. The number of rotatable bonds is 4. The SMILES string of the molecule is O=C1CCC(C(F)(C(=O)O)S(=O)(=O)c2cccc(F)c2)C1. The molecule has 5 nitrogen and oxygen atoms in total. The van der Waals surface area contributed by atoms with Crippen LogP contribution >= 0.6 is 0 Å². The zero-order chi connectivity index (χ0) is 15.8. The first-order valence-electron chi connectivity index (χ1n) is 6.14. The summed E-state index contributed by atoms with van der Waals surface area (Å²) >= 11 is 0. The lowest BCUT2D eigenvalue weighted by Crippen LogP contribution is -2.48. The number of halogens is 2. The summed E-state index contributed by atoms with van der Waals surface area (Å²) in [5.74, 6) is -4.98. The van der Waals surface area contributed by atoms with Gasteiger partial charge in [0.25, 0.3) is 0 Å². The molecule has 114 valence electrons. The minimum absolute atomic E-state index is 0.0672. The normalized spacial score (nSPS) is 22.0. The number of alkyl halides is 1. The minimum Gasteiger partial charge on any atom is -0.478 e. The summed E-state index contributed by atoms with van der Waals surface area (Å²) in [4.78, 5) is 21.7. The molecule has 1 aromatic rings. The molecule has 0 saturated heterocycles. The molecule has 1 aromatic carbocycles. The number of hydrogen-bond donors (Lipinski definition) is 1. The Morgan fingerprint density at radius 2 is 2.05 bits per heavy atom. The van der Waals surface area contributed by atoms with Crippen molar-refractivity contribution in [3.63, 3.8) is 0 Å². The van der Waals surface area contributed by atoms with Crippen molar-refractivity contribution in [3.05, 3.63) is 30.1 Å². The number of ketones is 1. The van der Waals surface area contributed by atoms with E-state index >= 15 is 0 Å². The highest BCUT2D eigenvalue weighted by molar-refractivity contribution is 7.93. The highest BCUT2D eigenvalue weighted by Gasteiger charge is 2.60. The highest BCUT2D eigenvalue weighted by atomic mass is 32.2. The van der Waals surface area contributed by atoms with Crippen LogP contribution in [0.25, 0.3) is 0 Å². The fraction of sp³-hybridized carbons (Fsp3) is 0.385. The quantitative estimate of drug-likeness (QED) is 0.913. The maximum absolute atomic E-state index is 14.9. The van der Waals surface area contributed by atoms with Crippen LogP contribution in [-0.4, -0.2) is 30.3 Å². The number of aliphatic carboxylic acids is 1. The first-order chi connectivity index (χ1) is 9.69. The van der Waals surface area contributed by atoms with E-state index in [1.165, 1.54) is 0 Å². The van der Waals surface area contributed by atoms with Crippen LogP contribution in [0.5, 0.6) is 0 Å². The molecule has 2 unspecified atom stereocenters. The summed E-state index contributed by atoms with van der Waals surface area (Å²) < 4.78 is 52.7. The van der Waals surface area contributed by atoms with Crippen molar-refractivity contribution in [1.82, 2.24) is 0 Å². The average Bonchev–Trinajstić information content (AvgIpc) is 2.84. The summed E-state index contributed by atoms with van der Waals surface area (Å²) in [6.45, 7) is 0. The van der Waals surface area contributed by atoms with E-state index in [2.05, 4.69) is 0 Å². The number of carboxylic acid groups (broad SMARTS) is 1. The smallest absolute Gasteiger partial charge is 0.358 e. The average molecular weight is 318 g/mol. The topological polar surface area (TPSA) is 88.5 Å². The fourth-order valence-electron chi connectivity index (χ4n) is 2.45. The van der Waals surface area contributed by atoms with E-state index in [1.807, 2.05) is 0 Å². The van der Waals surface area contributed by atoms with E-state index < -0.39 is 49.6 Å². The molecule has 0 bridgehead atoms. The van der Waals surface area contributed by atoms with Gasteiger partial charge in [-0.3, -0.25) is 4.79 Å². The van der Waals surface area contributed by atoms with Crippen LogP contribution in [0, 0.1) is 11.7 Å². The van der Waals surface area contributed by atoms with Crippen LogP contribution < -0.4 is 0 Å². The number of hydrogen-bond acceptors (Lipinski definition) is 4. The molecule has 2 rings (SSSR count). The second-order valence-electron chi connectivity index (χ2n) is 4.89. The first kappa shape index (κ1) is 15.6. The Morgan fingerprint density at radius 1 is 1.38 bits per heavy atom. The van der Waals surface area contributed by atoms with E-state index in [0.29, 0.717) is 6.07 Å². The summed E-state index contributed by atoms with van der Waals surface area (Å²) in [6.07, 6.45) is -0.699. The summed E-state index contributed by atoms with van der Waals surface area (Å²) in [5, 5.41) is 5.44. The third-order valence-electron chi connectivity index (χ3n) is 3.56. The summed E-state index contributed by atoms with van der Waals surface area (Å²) in [5.41, 5.74) is 0. The lowest BCUT2D eigenvalue weighted by atomic mass is 10.0. The number of benzene rings is 1. The first-order valence-corrected chi connectivity index (χ1v) is 7.62. The van der Waals surface area contributed by atoms with Crippen LogP contribution in [-0.2, 0) is 19.4 Å². The predicted octanol–water partition coefficient (Wildman–Crippen LogP) is 1.72. The molecule has 0 aliphatic heterocycles. The molecule has 0 heterocycles. The van der Waals surface area contributed by atoms with Crippen LogP contribution in [0.4, 0.5) is 8.78 Å². The molecule has 1 aliphatic rings. The van der Waals surface area contributed by atoms with Crippen molar-refractivity contribution in [2.24, 2.45) is 5.92 Å². The second-order valence-corrected chi connectivity index (χ2v) is 6.96. The Kier molecular flexibility index (Phi) is 3.83. The molecule has 0 amide bonds. The number of carbonyl (C=O) groups excluding carboxylic acids is 1. The summed E-state index contributed by atoms with van der Waals surface area (Å²) in [6, 6.07) is 3.49. The zero-order valence-electron chi connectivity index (χ0n) is 10.8. The van der Waals surface area contributed by atoms with E-state index in [4.69, 9.17) is 5.11 Å². The van der Waals surface area contributed by atoms with Crippen molar-refractivity contribution in [3.8, 4) is 0 Å². The zero-order valence-corrected chi connectivity index (χ0v) is 11.6. The van der Waals surface area contributed by atoms with E-state index in [0.717, 1.165) is 18.2 Å². The molecule has 1 saturated carbocycles. The van der Waals surface area contributed by atoms with E-state index in [-0.39, 0.29) is 12.8 Å². The molecule has 2 atom stereocenters. The lowest BCUT2D eigenvalue weighted by molar-refractivity contribution is -0.147. The van der Waals surface area contributed by atoms with Gasteiger partial charge in [-0.25, -0.2) is 22.0 Å². The van der Waals surface area contributed by atoms with Crippen molar-refractivity contribution < 1.29 is 31.9 Å². The van der Waals surface area contributed by atoms with Gasteiger partial charge in [0.05, 0.1) is 4.90 Å². The Balaban J connectivity index is 2.56. The molecule has 1 aliphatic carbocycles. The van der Waals surface area contributed by atoms with Crippen molar-refractivity contribution in [1.29, 1.82) is 0 Å². The Hall–Kier alpha value is -1.83. The van der Waals surface area contributed by atoms with Gasteiger partial charge in [-0.05, 0) is 24.6 Å². The number of sulfone groups is 1.